The number of hydrogen-bond acceptors (Lipinski definition) is 3. The molecule has 50 valence electrons. The zero-order valence-electron chi connectivity index (χ0n) is 5.84. The summed E-state index contributed by atoms with van der Waals surface area (Å²) < 4.78 is 2.25. The van der Waals surface area contributed by atoms with Crippen molar-refractivity contribution in [2.24, 2.45) is 0 Å². The molecule has 0 bridgehead atoms. The smallest absolute Gasteiger partial charge is 0.0258 e. The van der Waals surface area contributed by atoms with Crippen LogP contribution in [0.5, 0.6) is 0 Å². The molecular formula is C5H13NS2. The second kappa shape index (κ2) is 4.53. The summed E-state index contributed by atoms with van der Waals surface area (Å²) in [6.07, 6.45) is 4.19. The first-order valence-electron chi connectivity index (χ1n) is 2.59. The Morgan fingerprint density at radius 1 is 1.12 bits per heavy atom. The van der Waals surface area contributed by atoms with E-state index < -0.39 is 0 Å². The van der Waals surface area contributed by atoms with Crippen LogP contribution in [0.4, 0.5) is 0 Å². The first-order valence-corrected chi connectivity index (χ1v) is 4.96. The van der Waals surface area contributed by atoms with Gasteiger partial charge in [-0.25, -0.2) is 0 Å². The lowest BCUT2D eigenvalue weighted by Gasteiger charge is -2.18. The van der Waals surface area contributed by atoms with Gasteiger partial charge in [-0.05, 0) is 26.4 Å². The van der Waals surface area contributed by atoms with Crippen LogP contribution in [0.1, 0.15) is 13.8 Å². The molecule has 0 saturated carbocycles. The van der Waals surface area contributed by atoms with E-state index in [1.807, 2.05) is 0 Å². The molecule has 3 heteroatoms. The standard InChI is InChI=1S/C5H13NS2/c1-5(2)6(7-3)8-4/h5H,1-4H3. The highest BCUT2D eigenvalue weighted by atomic mass is 32.2. The zero-order chi connectivity index (χ0) is 6.57. The van der Waals surface area contributed by atoms with Gasteiger partial charge in [-0.15, -0.1) is 0 Å². The normalized spacial score (nSPS) is 11.2. The Morgan fingerprint density at radius 3 is 1.50 bits per heavy atom. The highest BCUT2D eigenvalue weighted by Gasteiger charge is 2.03. The fourth-order valence-corrected chi connectivity index (χ4v) is 1.94. The third kappa shape index (κ3) is 2.84. The molecule has 0 amide bonds. The number of hydrogen-bond donors (Lipinski definition) is 0. The van der Waals surface area contributed by atoms with Gasteiger partial charge < -0.3 is 0 Å². The Morgan fingerprint density at radius 2 is 1.50 bits per heavy atom. The highest BCUT2D eigenvalue weighted by Crippen LogP contribution is 2.19. The van der Waals surface area contributed by atoms with Crippen molar-refractivity contribution in [3.8, 4) is 0 Å². The second-order valence-electron chi connectivity index (χ2n) is 1.74. The molecule has 0 aromatic carbocycles. The molecule has 0 aromatic rings. The minimum atomic E-state index is 0.639. The number of rotatable bonds is 3. The topological polar surface area (TPSA) is 3.24 Å². The molecule has 0 fully saturated rings. The zero-order valence-corrected chi connectivity index (χ0v) is 7.47. The van der Waals surface area contributed by atoms with E-state index >= 15 is 0 Å². The Kier molecular flexibility index (Phi) is 4.90. The quantitative estimate of drug-likeness (QED) is 0.570. The molecule has 0 aliphatic heterocycles. The van der Waals surface area contributed by atoms with Crippen LogP contribution in [0.2, 0.25) is 0 Å². The van der Waals surface area contributed by atoms with Crippen LogP contribution in [0.3, 0.4) is 0 Å². The molecule has 0 saturated heterocycles. The predicted octanol–water partition coefficient (Wildman–Crippen LogP) is 2.25. The van der Waals surface area contributed by atoms with Gasteiger partial charge in [0.2, 0.25) is 0 Å². The lowest BCUT2D eigenvalue weighted by Crippen LogP contribution is -2.14. The molecule has 0 aliphatic rings. The van der Waals surface area contributed by atoms with Gasteiger partial charge in [-0.2, -0.15) is 3.71 Å². The summed E-state index contributed by atoms with van der Waals surface area (Å²) >= 11 is 3.55. The predicted molar refractivity (Wildman–Crippen MR) is 44.0 cm³/mol. The summed E-state index contributed by atoms with van der Waals surface area (Å²) in [5, 5.41) is 0. The monoisotopic (exact) mass is 151 g/mol. The van der Waals surface area contributed by atoms with Gasteiger partial charge in [0.15, 0.2) is 0 Å². The molecule has 0 atom stereocenters. The van der Waals surface area contributed by atoms with Crippen molar-refractivity contribution in [3.05, 3.63) is 0 Å². The van der Waals surface area contributed by atoms with Crippen LogP contribution >= 0.6 is 23.9 Å². The first-order chi connectivity index (χ1) is 3.72. The summed E-state index contributed by atoms with van der Waals surface area (Å²) in [7, 11) is 0. The van der Waals surface area contributed by atoms with Crippen molar-refractivity contribution >= 4 is 23.9 Å². The highest BCUT2D eigenvalue weighted by molar-refractivity contribution is 8.11. The lowest BCUT2D eigenvalue weighted by molar-refractivity contribution is 0.604. The number of nitrogens with zero attached hydrogens (tertiary/aromatic N) is 1. The van der Waals surface area contributed by atoms with Gasteiger partial charge in [0, 0.05) is 6.04 Å². The van der Waals surface area contributed by atoms with Crippen LogP contribution in [0.25, 0.3) is 0 Å². The molecule has 8 heavy (non-hydrogen) atoms. The van der Waals surface area contributed by atoms with E-state index in [9.17, 15) is 0 Å². The van der Waals surface area contributed by atoms with Crippen molar-refractivity contribution in [1.29, 1.82) is 0 Å². The van der Waals surface area contributed by atoms with Crippen molar-refractivity contribution < 1.29 is 0 Å². The van der Waals surface area contributed by atoms with E-state index in [2.05, 4.69) is 30.1 Å². The van der Waals surface area contributed by atoms with E-state index in [-0.39, 0.29) is 0 Å². The molecule has 0 radical (unpaired) electrons. The average molecular weight is 151 g/mol. The maximum atomic E-state index is 2.25. The third-order valence-corrected chi connectivity index (χ3v) is 3.24. The Bertz CT molecular complexity index is 52.4. The average Bonchev–Trinajstić information content (AvgIpc) is 1.69. The Balaban J connectivity index is 3.35. The molecule has 0 heterocycles. The Hall–Kier alpha value is 0.660. The third-order valence-electron chi connectivity index (χ3n) is 0.782. The molecule has 0 rings (SSSR count). The maximum Gasteiger partial charge on any atom is 0.0258 e. The van der Waals surface area contributed by atoms with Gasteiger partial charge in [-0.1, -0.05) is 23.9 Å². The summed E-state index contributed by atoms with van der Waals surface area (Å²) in [5.74, 6) is 0. The summed E-state index contributed by atoms with van der Waals surface area (Å²) in [5.41, 5.74) is 0. The molecule has 0 unspecified atom stereocenters. The second-order valence-corrected chi connectivity index (χ2v) is 3.49. The Labute approximate surface area is 60.5 Å². The van der Waals surface area contributed by atoms with Gasteiger partial charge >= 0.3 is 0 Å². The lowest BCUT2D eigenvalue weighted by atomic mass is 10.4. The molecule has 0 N–H and O–H groups in total. The van der Waals surface area contributed by atoms with Gasteiger partial charge in [-0.3, -0.25) is 0 Å². The summed E-state index contributed by atoms with van der Waals surface area (Å²) in [4.78, 5) is 0. The van der Waals surface area contributed by atoms with Crippen LogP contribution < -0.4 is 0 Å². The fraction of sp³-hybridized carbons (Fsp3) is 1.00. The van der Waals surface area contributed by atoms with E-state index in [0.29, 0.717) is 6.04 Å². The van der Waals surface area contributed by atoms with Crippen LogP contribution in [0, 0.1) is 0 Å². The van der Waals surface area contributed by atoms with Gasteiger partial charge in [0.25, 0.3) is 0 Å². The first kappa shape index (κ1) is 8.66. The minimum absolute atomic E-state index is 0.639. The van der Waals surface area contributed by atoms with Crippen LogP contribution in [-0.4, -0.2) is 22.3 Å². The van der Waals surface area contributed by atoms with Crippen molar-refractivity contribution in [2.75, 3.05) is 12.5 Å². The molecule has 0 spiro atoms. The van der Waals surface area contributed by atoms with Gasteiger partial charge in [0.05, 0.1) is 0 Å². The molecule has 0 aliphatic carbocycles. The summed E-state index contributed by atoms with van der Waals surface area (Å²) in [6.45, 7) is 4.38. The van der Waals surface area contributed by atoms with E-state index in [1.165, 1.54) is 0 Å². The van der Waals surface area contributed by atoms with E-state index in [4.69, 9.17) is 0 Å². The summed E-state index contributed by atoms with van der Waals surface area (Å²) in [6, 6.07) is 0.639. The van der Waals surface area contributed by atoms with Crippen LogP contribution in [0.15, 0.2) is 0 Å². The van der Waals surface area contributed by atoms with E-state index in [1.54, 1.807) is 23.9 Å². The minimum Gasteiger partial charge on any atom is -0.192 e. The largest absolute Gasteiger partial charge is 0.192 e. The fourth-order valence-electron chi connectivity index (χ4n) is 0.496. The SMILES string of the molecule is CSN(SC)C(C)C. The van der Waals surface area contributed by atoms with Gasteiger partial charge in [0.1, 0.15) is 0 Å². The van der Waals surface area contributed by atoms with Crippen molar-refractivity contribution in [2.45, 2.75) is 19.9 Å². The molecule has 1 nitrogen and oxygen atoms in total. The molecule has 0 aromatic heterocycles. The van der Waals surface area contributed by atoms with Crippen molar-refractivity contribution in [3.63, 3.8) is 0 Å². The molecular weight excluding hydrogens is 138 g/mol. The van der Waals surface area contributed by atoms with Crippen molar-refractivity contribution in [1.82, 2.24) is 3.71 Å². The van der Waals surface area contributed by atoms with E-state index in [0.717, 1.165) is 0 Å². The van der Waals surface area contributed by atoms with Crippen LogP contribution in [-0.2, 0) is 0 Å². The maximum absolute atomic E-state index is 2.25.